The number of aliphatic carboxylic acids is 1. The van der Waals surface area contributed by atoms with Gasteiger partial charge in [0, 0.05) is 19.3 Å². The Balaban J connectivity index is 2.25. The summed E-state index contributed by atoms with van der Waals surface area (Å²) >= 11 is 0. The number of alkyl halides is 3. The Morgan fingerprint density at radius 3 is 2.68 bits per heavy atom. The third kappa shape index (κ3) is 2.89. The number of carbonyl (C=O) groups excluding carboxylic acids is 1. The van der Waals surface area contributed by atoms with Gasteiger partial charge < -0.3 is 15.2 Å². The predicted octanol–water partition coefficient (Wildman–Crippen LogP) is 0.0938. The van der Waals surface area contributed by atoms with Gasteiger partial charge in [-0.15, -0.1) is 0 Å². The van der Waals surface area contributed by atoms with Crippen LogP contribution in [-0.4, -0.2) is 18.1 Å². The molecule has 1 heterocycles. The molecule has 1 saturated heterocycles. The van der Waals surface area contributed by atoms with Crippen LogP contribution in [0, 0.1) is 0 Å². The van der Waals surface area contributed by atoms with Crippen LogP contribution in [0.15, 0.2) is 24.3 Å². The van der Waals surface area contributed by atoms with E-state index in [-0.39, 0.29) is 6.42 Å². The molecule has 0 radical (unpaired) electrons. The zero-order valence-electron chi connectivity index (χ0n) is 10.2. The van der Waals surface area contributed by atoms with Gasteiger partial charge in [0.25, 0.3) is 0 Å². The molecule has 0 bridgehead atoms. The minimum atomic E-state index is -4.41. The van der Waals surface area contributed by atoms with Crippen LogP contribution in [0.4, 0.5) is 13.2 Å². The summed E-state index contributed by atoms with van der Waals surface area (Å²) in [7, 11) is 0. The van der Waals surface area contributed by atoms with E-state index in [1.54, 1.807) is 5.32 Å². The van der Waals surface area contributed by atoms with Crippen LogP contribution in [0.2, 0.25) is 0 Å². The summed E-state index contributed by atoms with van der Waals surface area (Å²) in [5.41, 5.74) is -1.50. The lowest BCUT2D eigenvalue weighted by molar-refractivity contribution is -0.700. The number of carboxylic acid groups (broad SMARTS) is 1. The average Bonchev–Trinajstić information content (AvgIpc) is 2.78. The number of hydrogen-bond donors (Lipinski definition) is 1. The van der Waals surface area contributed by atoms with Gasteiger partial charge >= 0.3 is 6.18 Å². The van der Waals surface area contributed by atoms with E-state index in [1.807, 2.05) is 0 Å². The molecule has 1 aliphatic heterocycles. The van der Waals surface area contributed by atoms with Crippen molar-refractivity contribution in [1.82, 2.24) is 0 Å². The highest BCUT2D eigenvalue weighted by Crippen LogP contribution is 2.30. The molecule has 0 aliphatic carbocycles. The van der Waals surface area contributed by atoms with Gasteiger partial charge in [-0.1, -0.05) is 18.2 Å². The molecule has 2 N–H and O–H groups in total. The molecule has 1 aliphatic rings. The lowest BCUT2D eigenvalue weighted by Crippen LogP contribution is -2.97. The first-order chi connectivity index (χ1) is 8.83. The van der Waals surface area contributed by atoms with Crippen LogP contribution in [0.5, 0.6) is 0 Å². The number of carboxylic acids is 1. The Bertz CT molecular complexity index is 479. The van der Waals surface area contributed by atoms with Crippen molar-refractivity contribution in [1.29, 1.82) is 0 Å². The fourth-order valence-electron chi connectivity index (χ4n) is 2.54. The van der Waals surface area contributed by atoms with E-state index >= 15 is 0 Å². The molecule has 1 aromatic carbocycles. The fraction of sp³-hybridized carbons (Fsp3) is 0.462. The normalized spacial score (nSPS) is 23.5. The van der Waals surface area contributed by atoms with Gasteiger partial charge in [-0.05, 0) is 11.6 Å². The lowest BCUT2D eigenvalue weighted by Gasteiger charge is -2.27. The van der Waals surface area contributed by atoms with Crippen molar-refractivity contribution in [3.05, 3.63) is 35.4 Å². The van der Waals surface area contributed by atoms with Crippen LogP contribution >= 0.6 is 0 Å². The standard InChI is InChI=1S/C13H14F3NO2/c14-13(15,16)10-4-1-3-9(7-10)8-12(11(18)19)5-2-6-17-12/h1,3-4,7,17H,2,5-6,8H2,(H,18,19)/t12-/m0/s1. The molecule has 3 nitrogen and oxygen atoms in total. The second kappa shape index (κ2) is 4.85. The number of nitrogens with two attached hydrogens (primary N) is 1. The molecule has 0 spiro atoms. The third-order valence-corrected chi connectivity index (χ3v) is 3.54. The molecule has 1 atom stereocenters. The lowest BCUT2D eigenvalue weighted by atomic mass is 9.89. The van der Waals surface area contributed by atoms with E-state index in [0.29, 0.717) is 18.5 Å². The molecular formula is C13H14F3NO2. The van der Waals surface area contributed by atoms with Crippen molar-refractivity contribution in [2.75, 3.05) is 6.54 Å². The Labute approximate surface area is 108 Å². The molecule has 1 aromatic rings. The van der Waals surface area contributed by atoms with E-state index in [9.17, 15) is 23.1 Å². The Morgan fingerprint density at radius 1 is 1.42 bits per heavy atom. The first kappa shape index (κ1) is 13.9. The maximum absolute atomic E-state index is 12.6. The smallest absolute Gasteiger partial charge is 0.416 e. The molecule has 0 unspecified atom stereocenters. The van der Waals surface area contributed by atoms with E-state index in [0.717, 1.165) is 18.6 Å². The summed E-state index contributed by atoms with van der Waals surface area (Å²) < 4.78 is 37.8. The second-order valence-corrected chi connectivity index (χ2v) is 4.91. The second-order valence-electron chi connectivity index (χ2n) is 4.91. The van der Waals surface area contributed by atoms with E-state index in [1.165, 1.54) is 12.1 Å². The van der Waals surface area contributed by atoms with Gasteiger partial charge in [-0.2, -0.15) is 13.2 Å². The van der Waals surface area contributed by atoms with Crippen molar-refractivity contribution in [3.63, 3.8) is 0 Å². The van der Waals surface area contributed by atoms with Crippen LogP contribution in [0.3, 0.4) is 0 Å². The molecular weight excluding hydrogens is 259 g/mol. The highest BCUT2D eigenvalue weighted by atomic mass is 19.4. The van der Waals surface area contributed by atoms with Crippen LogP contribution in [0.25, 0.3) is 0 Å². The van der Waals surface area contributed by atoms with E-state index in [4.69, 9.17) is 0 Å². The summed E-state index contributed by atoms with van der Waals surface area (Å²) in [6, 6.07) is 4.81. The van der Waals surface area contributed by atoms with E-state index < -0.39 is 23.2 Å². The van der Waals surface area contributed by atoms with Crippen molar-refractivity contribution >= 4 is 5.97 Å². The van der Waals surface area contributed by atoms with Crippen LogP contribution < -0.4 is 10.4 Å². The number of rotatable bonds is 3. The van der Waals surface area contributed by atoms with Gasteiger partial charge in [-0.25, -0.2) is 0 Å². The minimum absolute atomic E-state index is 0.0548. The molecule has 6 heteroatoms. The number of halogens is 3. The molecule has 0 amide bonds. The maximum atomic E-state index is 12.6. The van der Waals surface area contributed by atoms with Crippen molar-refractivity contribution in [2.24, 2.45) is 0 Å². The zero-order valence-corrected chi connectivity index (χ0v) is 10.2. The fourth-order valence-corrected chi connectivity index (χ4v) is 2.54. The van der Waals surface area contributed by atoms with Crippen LogP contribution in [-0.2, 0) is 17.4 Å². The number of hydrogen-bond acceptors (Lipinski definition) is 2. The Morgan fingerprint density at radius 2 is 2.16 bits per heavy atom. The van der Waals surface area contributed by atoms with Crippen molar-refractivity contribution < 1.29 is 28.4 Å². The number of carbonyl (C=O) groups is 1. The molecule has 19 heavy (non-hydrogen) atoms. The predicted molar refractivity (Wildman–Crippen MR) is 58.9 cm³/mol. The molecule has 2 rings (SSSR count). The number of benzene rings is 1. The first-order valence-electron chi connectivity index (χ1n) is 6.05. The van der Waals surface area contributed by atoms with Gasteiger partial charge in [0.1, 0.15) is 11.5 Å². The van der Waals surface area contributed by atoms with E-state index in [2.05, 4.69) is 0 Å². The monoisotopic (exact) mass is 273 g/mol. The van der Waals surface area contributed by atoms with Gasteiger partial charge in [0.05, 0.1) is 12.1 Å². The highest BCUT2D eigenvalue weighted by molar-refractivity contribution is 5.75. The minimum Gasteiger partial charge on any atom is -0.544 e. The van der Waals surface area contributed by atoms with Crippen LogP contribution in [0.1, 0.15) is 24.0 Å². The average molecular weight is 273 g/mol. The molecule has 104 valence electrons. The van der Waals surface area contributed by atoms with Gasteiger partial charge in [0.2, 0.25) is 0 Å². The maximum Gasteiger partial charge on any atom is 0.416 e. The summed E-state index contributed by atoms with van der Waals surface area (Å²) in [6.45, 7) is 0.660. The summed E-state index contributed by atoms with van der Waals surface area (Å²) in [5.74, 6) is -1.21. The zero-order chi connectivity index (χ0) is 14.1. The van der Waals surface area contributed by atoms with Crippen molar-refractivity contribution in [2.45, 2.75) is 31.0 Å². The first-order valence-corrected chi connectivity index (χ1v) is 6.05. The molecule has 1 fully saturated rings. The SMILES string of the molecule is O=C([O-])[C@@]1(Cc2cccc(C(F)(F)F)c2)CCC[NH2+]1. The number of quaternary nitrogens is 1. The third-order valence-electron chi connectivity index (χ3n) is 3.54. The summed E-state index contributed by atoms with van der Waals surface area (Å²) in [4.78, 5) is 11.2. The summed E-state index contributed by atoms with van der Waals surface area (Å²) in [5, 5.41) is 12.9. The summed E-state index contributed by atoms with van der Waals surface area (Å²) in [6.07, 6.45) is -3.21. The quantitative estimate of drug-likeness (QED) is 0.849. The Hall–Kier alpha value is -1.56. The molecule has 0 saturated carbocycles. The molecule has 0 aromatic heterocycles. The van der Waals surface area contributed by atoms with Gasteiger partial charge in [-0.3, -0.25) is 0 Å². The highest BCUT2D eigenvalue weighted by Gasteiger charge is 2.40. The van der Waals surface area contributed by atoms with Crippen molar-refractivity contribution in [3.8, 4) is 0 Å². The Kier molecular flexibility index (Phi) is 3.54. The topological polar surface area (TPSA) is 56.7 Å². The largest absolute Gasteiger partial charge is 0.544 e. The van der Waals surface area contributed by atoms with Gasteiger partial charge in [0.15, 0.2) is 0 Å².